The van der Waals surface area contributed by atoms with Crippen LogP contribution in [0.25, 0.3) is 22.3 Å². The molecule has 1 saturated carbocycles. The number of unbranched alkanes of at least 4 members (excludes halogenated alkanes) is 6. The van der Waals surface area contributed by atoms with Crippen LogP contribution in [0.5, 0.6) is 5.75 Å². The fraction of sp³-hybridized carbons (Fsp3) is 0.444. The molecule has 40 heavy (non-hydrogen) atoms. The van der Waals surface area contributed by atoms with Crippen LogP contribution in [0.3, 0.4) is 0 Å². The van der Waals surface area contributed by atoms with E-state index in [1.807, 2.05) is 24.3 Å². The van der Waals surface area contributed by atoms with Gasteiger partial charge in [0.25, 0.3) is 0 Å². The normalized spacial score (nSPS) is 17.4. The summed E-state index contributed by atoms with van der Waals surface area (Å²) < 4.78 is 50.4. The van der Waals surface area contributed by atoms with E-state index in [0.717, 1.165) is 61.6 Å². The van der Waals surface area contributed by atoms with Crippen LogP contribution in [0.1, 0.15) is 96.0 Å². The van der Waals surface area contributed by atoms with E-state index < -0.39 is 11.6 Å². The second kappa shape index (κ2) is 15.1. The van der Waals surface area contributed by atoms with Crippen LogP contribution in [0, 0.1) is 23.4 Å². The number of hydrogen-bond acceptors (Lipinski definition) is 1. The summed E-state index contributed by atoms with van der Waals surface area (Å²) in [6.07, 6.45) is 16.5. The predicted octanol–water partition coefficient (Wildman–Crippen LogP) is 11.4. The number of hydrogen-bond donors (Lipinski definition) is 0. The second-order valence-electron chi connectivity index (χ2n) is 11.2. The minimum Gasteiger partial charge on any atom is -0.490 e. The monoisotopic (exact) mass is 548 g/mol. The molecule has 0 amide bonds. The Labute approximate surface area is 238 Å². The summed E-state index contributed by atoms with van der Waals surface area (Å²) in [5.74, 6) is -1.21. The summed E-state index contributed by atoms with van der Waals surface area (Å²) in [6.45, 7) is 4.63. The van der Waals surface area contributed by atoms with E-state index in [4.69, 9.17) is 4.74 Å². The Morgan fingerprint density at radius 2 is 1.38 bits per heavy atom. The molecule has 0 unspecified atom stereocenters. The van der Waals surface area contributed by atoms with Gasteiger partial charge in [-0.1, -0.05) is 94.0 Å². The number of benzene rings is 3. The number of halogens is 3. The smallest absolute Gasteiger partial charge is 0.201 e. The molecule has 3 aromatic rings. The molecule has 1 aliphatic carbocycles. The van der Waals surface area contributed by atoms with Gasteiger partial charge in [0.2, 0.25) is 5.82 Å². The fourth-order valence-electron chi connectivity index (χ4n) is 5.88. The van der Waals surface area contributed by atoms with Gasteiger partial charge in [-0.2, -0.15) is 4.39 Å². The Bertz CT molecular complexity index is 1240. The Hall–Kier alpha value is -3.01. The zero-order chi connectivity index (χ0) is 28.3. The Balaban J connectivity index is 1.36. The van der Waals surface area contributed by atoms with Crippen LogP contribution >= 0.6 is 0 Å². The molecular weight excluding hydrogens is 505 g/mol. The quantitative estimate of drug-likeness (QED) is 0.152. The van der Waals surface area contributed by atoms with Crippen molar-refractivity contribution in [3.05, 3.63) is 89.8 Å². The maximum Gasteiger partial charge on any atom is 0.201 e. The molecule has 0 radical (unpaired) electrons. The lowest BCUT2D eigenvalue weighted by molar-refractivity contribution is 0.285. The molecule has 0 N–H and O–H groups in total. The van der Waals surface area contributed by atoms with Gasteiger partial charge in [-0.15, -0.1) is 0 Å². The molecule has 0 heterocycles. The molecule has 0 saturated heterocycles. The van der Waals surface area contributed by atoms with Gasteiger partial charge in [-0.05, 0) is 91.3 Å². The van der Waals surface area contributed by atoms with Crippen molar-refractivity contribution < 1.29 is 17.9 Å². The minimum atomic E-state index is -0.957. The molecule has 1 aliphatic rings. The summed E-state index contributed by atoms with van der Waals surface area (Å²) in [5.41, 5.74) is 3.15. The molecule has 0 aliphatic heterocycles. The highest BCUT2D eigenvalue weighted by Crippen LogP contribution is 2.38. The third-order valence-corrected chi connectivity index (χ3v) is 8.26. The molecule has 3 aromatic carbocycles. The number of ether oxygens (including phenoxy) is 1. The van der Waals surface area contributed by atoms with E-state index in [1.165, 1.54) is 31.7 Å². The summed E-state index contributed by atoms with van der Waals surface area (Å²) in [6, 6.07) is 15.7. The first kappa shape index (κ1) is 30.0. The molecule has 0 aromatic heterocycles. The van der Waals surface area contributed by atoms with E-state index in [1.54, 1.807) is 24.3 Å². The van der Waals surface area contributed by atoms with Crippen LogP contribution < -0.4 is 4.74 Å². The Kier molecular flexibility index (Phi) is 11.3. The van der Waals surface area contributed by atoms with E-state index >= 15 is 4.39 Å². The largest absolute Gasteiger partial charge is 0.490 e. The molecule has 0 spiro atoms. The SMILES string of the molecule is CC=CC1CCC(c2ccc(-c3ccc(-c4ccc(OCCCCCCCCC)c(F)c4F)cc3)cc2F)CC1. The topological polar surface area (TPSA) is 9.23 Å². The van der Waals surface area contributed by atoms with Crippen LogP contribution in [0.15, 0.2) is 66.7 Å². The van der Waals surface area contributed by atoms with Gasteiger partial charge in [0, 0.05) is 5.56 Å². The van der Waals surface area contributed by atoms with Crippen molar-refractivity contribution in [1.29, 1.82) is 0 Å². The molecular formula is C36H43F3O. The van der Waals surface area contributed by atoms with Crippen molar-refractivity contribution in [2.75, 3.05) is 6.61 Å². The highest BCUT2D eigenvalue weighted by Gasteiger charge is 2.23. The second-order valence-corrected chi connectivity index (χ2v) is 11.2. The lowest BCUT2D eigenvalue weighted by atomic mass is 9.78. The molecule has 4 heteroatoms. The maximum absolute atomic E-state index is 15.1. The Morgan fingerprint density at radius 1 is 0.725 bits per heavy atom. The lowest BCUT2D eigenvalue weighted by Crippen LogP contribution is -2.12. The fourth-order valence-corrected chi connectivity index (χ4v) is 5.88. The van der Waals surface area contributed by atoms with E-state index in [-0.39, 0.29) is 23.0 Å². The average Bonchev–Trinajstić information content (AvgIpc) is 2.97. The van der Waals surface area contributed by atoms with E-state index in [9.17, 15) is 8.78 Å². The van der Waals surface area contributed by atoms with Gasteiger partial charge < -0.3 is 4.74 Å². The zero-order valence-electron chi connectivity index (χ0n) is 24.0. The summed E-state index contributed by atoms with van der Waals surface area (Å²) >= 11 is 0. The lowest BCUT2D eigenvalue weighted by Gasteiger charge is -2.27. The number of rotatable bonds is 13. The van der Waals surface area contributed by atoms with Crippen molar-refractivity contribution in [3.63, 3.8) is 0 Å². The maximum atomic E-state index is 15.1. The van der Waals surface area contributed by atoms with Gasteiger partial charge in [0.05, 0.1) is 6.61 Å². The van der Waals surface area contributed by atoms with Crippen LogP contribution in [-0.2, 0) is 0 Å². The number of allylic oxidation sites excluding steroid dienone is 2. The zero-order valence-corrected chi connectivity index (χ0v) is 24.0. The molecule has 214 valence electrons. The molecule has 1 nitrogen and oxygen atoms in total. The minimum absolute atomic E-state index is 0.0465. The standard InChI is InChI=1S/C36H43F3O/c1-3-5-6-7-8-9-10-24-40-34-23-22-32(35(38)36(34)39)29-18-16-27(17-19-29)30-20-21-31(33(37)25-30)28-14-12-26(11-4-2)13-15-28/h4,11,16-23,25-26,28H,3,5-10,12-15,24H2,1-2H3. The van der Waals surface area contributed by atoms with E-state index in [0.29, 0.717) is 18.1 Å². The molecule has 0 bridgehead atoms. The van der Waals surface area contributed by atoms with Crippen LogP contribution in [0.4, 0.5) is 13.2 Å². The Morgan fingerprint density at radius 3 is 2.05 bits per heavy atom. The highest BCUT2D eigenvalue weighted by atomic mass is 19.2. The summed E-state index contributed by atoms with van der Waals surface area (Å²) in [5, 5.41) is 0. The van der Waals surface area contributed by atoms with Crippen LogP contribution in [-0.4, -0.2) is 6.61 Å². The van der Waals surface area contributed by atoms with E-state index in [2.05, 4.69) is 26.0 Å². The predicted molar refractivity (Wildman–Crippen MR) is 160 cm³/mol. The first-order chi connectivity index (χ1) is 19.5. The third kappa shape index (κ3) is 7.80. The highest BCUT2D eigenvalue weighted by molar-refractivity contribution is 5.71. The van der Waals surface area contributed by atoms with Gasteiger partial charge in [0.1, 0.15) is 5.82 Å². The molecule has 4 rings (SSSR count). The third-order valence-electron chi connectivity index (χ3n) is 8.26. The molecule has 1 fully saturated rings. The van der Waals surface area contributed by atoms with Crippen molar-refractivity contribution in [1.82, 2.24) is 0 Å². The van der Waals surface area contributed by atoms with Gasteiger partial charge in [0.15, 0.2) is 11.6 Å². The first-order valence-corrected chi connectivity index (χ1v) is 15.2. The van der Waals surface area contributed by atoms with Crippen molar-refractivity contribution in [2.45, 2.75) is 90.4 Å². The van der Waals surface area contributed by atoms with Gasteiger partial charge >= 0.3 is 0 Å². The van der Waals surface area contributed by atoms with Crippen molar-refractivity contribution in [3.8, 4) is 28.0 Å². The summed E-state index contributed by atoms with van der Waals surface area (Å²) in [7, 11) is 0. The van der Waals surface area contributed by atoms with Crippen molar-refractivity contribution >= 4 is 0 Å². The van der Waals surface area contributed by atoms with Gasteiger partial charge in [-0.25, -0.2) is 8.78 Å². The average molecular weight is 549 g/mol. The first-order valence-electron chi connectivity index (χ1n) is 15.2. The van der Waals surface area contributed by atoms with Crippen molar-refractivity contribution in [2.24, 2.45) is 5.92 Å². The molecule has 0 atom stereocenters. The van der Waals surface area contributed by atoms with Crippen LogP contribution in [0.2, 0.25) is 0 Å². The summed E-state index contributed by atoms with van der Waals surface area (Å²) in [4.78, 5) is 0. The van der Waals surface area contributed by atoms with Gasteiger partial charge in [-0.3, -0.25) is 0 Å².